The summed E-state index contributed by atoms with van der Waals surface area (Å²) in [5.41, 5.74) is 0.693. The van der Waals surface area contributed by atoms with E-state index in [9.17, 15) is 20.2 Å². The number of aromatic amines is 1. The molecule has 0 saturated carbocycles. The van der Waals surface area contributed by atoms with Gasteiger partial charge in [0, 0.05) is 22.1 Å². The first kappa shape index (κ1) is 15.3. The Morgan fingerprint density at radius 1 is 1.04 bits per heavy atom. The van der Waals surface area contributed by atoms with Crippen molar-refractivity contribution in [2.24, 2.45) is 0 Å². The summed E-state index contributed by atoms with van der Waals surface area (Å²) in [6, 6.07) is 8.56. The average Bonchev–Trinajstić information content (AvgIpc) is 2.87. The number of nitro benzene ring substituents is 2. The quantitative estimate of drug-likeness (QED) is 0.557. The van der Waals surface area contributed by atoms with Crippen LogP contribution >= 0.6 is 23.4 Å². The van der Waals surface area contributed by atoms with E-state index in [1.165, 1.54) is 12.1 Å². The van der Waals surface area contributed by atoms with E-state index in [4.69, 9.17) is 11.6 Å². The number of hydrogen-bond acceptors (Lipinski definition) is 6. The Bertz CT molecular complexity index is 911. The van der Waals surface area contributed by atoms with Crippen molar-refractivity contribution in [3.63, 3.8) is 0 Å². The number of nitro groups is 2. The SMILES string of the molecule is O=[N+]([O-])c1cc(Sc2nc3ccc(Cl)cc3[nH]2)cc([N+](=O)[O-])c1. The van der Waals surface area contributed by atoms with Crippen LogP contribution in [0.4, 0.5) is 11.4 Å². The van der Waals surface area contributed by atoms with Crippen LogP contribution in [0.15, 0.2) is 46.5 Å². The fraction of sp³-hybridized carbons (Fsp3) is 0. The van der Waals surface area contributed by atoms with Gasteiger partial charge in [0.1, 0.15) is 0 Å². The summed E-state index contributed by atoms with van der Waals surface area (Å²) in [5, 5.41) is 22.8. The smallest absolute Gasteiger partial charge is 0.277 e. The van der Waals surface area contributed by atoms with Gasteiger partial charge in [-0.05, 0) is 18.2 Å². The van der Waals surface area contributed by atoms with E-state index < -0.39 is 9.85 Å². The van der Waals surface area contributed by atoms with E-state index in [0.29, 0.717) is 26.1 Å². The van der Waals surface area contributed by atoms with E-state index in [0.717, 1.165) is 17.8 Å². The maximum Gasteiger partial charge on any atom is 0.277 e. The second kappa shape index (κ2) is 5.86. The van der Waals surface area contributed by atoms with E-state index >= 15 is 0 Å². The molecule has 1 heterocycles. The van der Waals surface area contributed by atoms with Crippen LogP contribution in [-0.2, 0) is 0 Å². The van der Waals surface area contributed by atoms with E-state index in [1.807, 2.05) is 0 Å². The Labute approximate surface area is 137 Å². The predicted molar refractivity (Wildman–Crippen MR) is 85.0 cm³/mol. The van der Waals surface area contributed by atoms with Gasteiger partial charge >= 0.3 is 0 Å². The molecule has 0 saturated heterocycles. The molecular weight excluding hydrogens is 344 g/mol. The van der Waals surface area contributed by atoms with Crippen LogP contribution in [0, 0.1) is 20.2 Å². The minimum Gasteiger partial charge on any atom is -0.333 e. The number of rotatable bonds is 4. The van der Waals surface area contributed by atoms with Gasteiger partial charge in [0.2, 0.25) is 0 Å². The maximum absolute atomic E-state index is 10.9. The molecule has 0 amide bonds. The van der Waals surface area contributed by atoms with E-state index in [-0.39, 0.29) is 11.4 Å². The van der Waals surface area contributed by atoms with Crippen molar-refractivity contribution in [3.05, 3.63) is 61.6 Å². The van der Waals surface area contributed by atoms with E-state index in [1.54, 1.807) is 18.2 Å². The molecule has 1 N–H and O–H groups in total. The van der Waals surface area contributed by atoms with Gasteiger partial charge in [-0.25, -0.2) is 4.98 Å². The minimum atomic E-state index is -0.671. The number of aromatic nitrogens is 2. The van der Waals surface area contributed by atoms with Crippen LogP contribution in [0.5, 0.6) is 0 Å². The second-order valence-electron chi connectivity index (χ2n) is 4.50. The molecule has 0 radical (unpaired) electrons. The number of halogens is 1. The van der Waals surface area contributed by atoms with Crippen molar-refractivity contribution in [2.45, 2.75) is 10.1 Å². The zero-order valence-electron chi connectivity index (χ0n) is 11.2. The molecule has 2 aromatic carbocycles. The van der Waals surface area contributed by atoms with Crippen molar-refractivity contribution in [1.82, 2.24) is 9.97 Å². The molecule has 0 bridgehead atoms. The van der Waals surface area contributed by atoms with Gasteiger partial charge in [0.15, 0.2) is 5.16 Å². The Balaban J connectivity index is 2.00. The number of imidazole rings is 1. The first-order chi connectivity index (χ1) is 10.9. The number of non-ortho nitro benzene ring substituents is 2. The lowest BCUT2D eigenvalue weighted by atomic mass is 10.3. The van der Waals surface area contributed by atoms with Crippen molar-refractivity contribution < 1.29 is 9.85 Å². The Morgan fingerprint density at radius 2 is 1.70 bits per heavy atom. The topological polar surface area (TPSA) is 115 Å². The maximum atomic E-state index is 10.9. The molecule has 3 rings (SSSR count). The van der Waals surface area contributed by atoms with Crippen LogP contribution in [0.1, 0.15) is 0 Å². The monoisotopic (exact) mass is 350 g/mol. The number of nitrogens with one attached hydrogen (secondary N) is 1. The molecule has 0 fully saturated rings. The third-order valence-corrected chi connectivity index (χ3v) is 4.03. The number of hydrogen-bond donors (Lipinski definition) is 1. The summed E-state index contributed by atoms with van der Waals surface area (Å²) in [7, 11) is 0. The molecule has 1 aromatic heterocycles. The van der Waals surface area contributed by atoms with Gasteiger partial charge in [-0.3, -0.25) is 20.2 Å². The van der Waals surface area contributed by atoms with Crippen LogP contribution < -0.4 is 0 Å². The van der Waals surface area contributed by atoms with Crippen molar-refractivity contribution in [1.29, 1.82) is 0 Å². The van der Waals surface area contributed by atoms with Crippen molar-refractivity contribution in [2.75, 3.05) is 0 Å². The van der Waals surface area contributed by atoms with Gasteiger partial charge in [0.05, 0.1) is 26.9 Å². The van der Waals surface area contributed by atoms with Gasteiger partial charge in [-0.1, -0.05) is 23.4 Å². The normalized spacial score (nSPS) is 10.8. The Kier molecular flexibility index (Phi) is 3.89. The number of nitrogens with zero attached hydrogens (tertiary/aromatic N) is 3. The average molecular weight is 351 g/mol. The minimum absolute atomic E-state index is 0.344. The lowest BCUT2D eigenvalue weighted by Gasteiger charge is -1.99. The number of benzene rings is 2. The lowest BCUT2D eigenvalue weighted by Crippen LogP contribution is -1.93. The highest BCUT2D eigenvalue weighted by Crippen LogP contribution is 2.33. The Morgan fingerprint density at radius 3 is 2.30 bits per heavy atom. The van der Waals surface area contributed by atoms with Crippen molar-refractivity contribution in [3.8, 4) is 0 Å². The number of fused-ring (bicyclic) bond motifs is 1. The summed E-state index contributed by atoms with van der Waals surface area (Å²) in [6.07, 6.45) is 0. The fourth-order valence-corrected chi connectivity index (χ4v) is 3.02. The highest BCUT2D eigenvalue weighted by Gasteiger charge is 2.17. The van der Waals surface area contributed by atoms with Crippen LogP contribution in [0.2, 0.25) is 5.02 Å². The van der Waals surface area contributed by atoms with Gasteiger partial charge < -0.3 is 4.98 Å². The first-order valence-corrected chi connectivity index (χ1v) is 7.39. The molecule has 0 aliphatic rings. The van der Waals surface area contributed by atoms with Crippen LogP contribution in [0.3, 0.4) is 0 Å². The third kappa shape index (κ3) is 3.25. The largest absolute Gasteiger partial charge is 0.333 e. The van der Waals surface area contributed by atoms with Crippen molar-refractivity contribution >= 4 is 45.8 Å². The highest BCUT2D eigenvalue weighted by atomic mass is 35.5. The first-order valence-electron chi connectivity index (χ1n) is 6.19. The van der Waals surface area contributed by atoms with Gasteiger partial charge in [0.25, 0.3) is 11.4 Å². The molecule has 0 unspecified atom stereocenters. The van der Waals surface area contributed by atoms with E-state index in [2.05, 4.69) is 9.97 Å². The predicted octanol–water partition coefficient (Wildman–Crippen LogP) is 4.18. The standard InChI is InChI=1S/C13H7ClN4O4S/c14-7-1-2-11-12(3-7)16-13(15-11)23-10-5-8(17(19)20)4-9(6-10)18(21)22/h1-6H,(H,15,16). The third-order valence-electron chi connectivity index (χ3n) is 2.93. The molecule has 23 heavy (non-hydrogen) atoms. The number of H-pyrrole nitrogens is 1. The van der Waals surface area contributed by atoms with Gasteiger partial charge in [-0.15, -0.1) is 0 Å². The van der Waals surface area contributed by atoms with Crippen LogP contribution in [-0.4, -0.2) is 19.8 Å². The zero-order valence-corrected chi connectivity index (χ0v) is 12.8. The molecule has 0 aliphatic carbocycles. The molecule has 10 heteroatoms. The fourth-order valence-electron chi connectivity index (χ4n) is 1.96. The van der Waals surface area contributed by atoms with Gasteiger partial charge in [-0.2, -0.15) is 0 Å². The molecule has 0 atom stereocenters. The molecule has 0 spiro atoms. The molecule has 3 aromatic rings. The summed E-state index contributed by atoms with van der Waals surface area (Å²) in [4.78, 5) is 28.1. The summed E-state index contributed by atoms with van der Waals surface area (Å²) >= 11 is 6.96. The lowest BCUT2D eigenvalue weighted by molar-refractivity contribution is -0.394. The highest BCUT2D eigenvalue weighted by molar-refractivity contribution is 7.99. The second-order valence-corrected chi connectivity index (χ2v) is 6.00. The zero-order chi connectivity index (χ0) is 16.6. The summed E-state index contributed by atoms with van der Waals surface area (Å²) in [6.45, 7) is 0. The molecular formula is C13H7ClN4O4S. The van der Waals surface area contributed by atoms with Crippen LogP contribution in [0.25, 0.3) is 11.0 Å². The molecule has 116 valence electrons. The summed E-state index contributed by atoms with van der Waals surface area (Å²) < 4.78 is 0. The molecule has 0 aliphatic heterocycles. The summed E-state index contributed by atoms with van der Waals surface area (Å²) in [5.74, 6) is 0. The Hall–Kier alpha value is -2.65. The molecule has 8 nitrogen and oxygen atoms in total.